The Kier molecular flexibility index (Phi) is 5.79. The summed E-state index contributed by atoms with van der Waals surface area (Å²) in [6.45, 7) is 2.15. The zero-order valence-corrected chi connectivity index (χ0v) is 18.1. The van der Waals surface area contributed by atoms with Gasteiger partial charge in [0.1, 0.15) is 22.5 Å². The summed E-state index contributed by atoms with van der Waals surface area (Å²) < 4.78 is 21.7. The van der Waals surface area contributed by atoms with E-state index in [1.165, 1.54) is 29.0 Å². The first kappa shape index (κ1) is 21.7. The van der Waals surface area contributed by atoms with E-state index in [9.17, 15) is 23.9 Å². The number of nitrogens with one attached hydrogen (secondary N) is 1. The van der Waals surface area contributed by atoms with Crippen LogP contribution < -0.4 is 15.6 Å². The van der Waals surface area contributed by atoms with Crippen molar-refractivity contribution in [2.45, 2.75) is 18.8 Å². The van der Waals surface area contributed by atoms with Gasteiger partial charge in [-0.2, -0.15) is 0 Å². The largest absolute Gasteiger partial charge is 0.497 e. The van der Waals surface area contributed by atoms with Crippen LogP contribution in [-0.2, 0) is 11.3 Å². The lowest BCUT2D eigenvalue weighted by atomic mass is 10.1. The molecule has 2 N–H and O–H groups in total. The third-order valence-electron chi connectivity index (χ3n) is 5.25. The Labute approximate surface area is 186 Å². The number of carboxylic acid groups (broad SMARTS) is 1. The molecule has 0 spiro atoms. The Morgan fingerprint density at radius 1 is 1.28 bits per heavy atom. The molecule has 1 unspecified atom stereocenters. The quantitative estimate of drug-likeness (QED) is 0.585. The normalized spacial score (nSPS) is 15.9. The number of pyridine rings is 1. The number of thioether (sulfide) groups is 1. The van der Waals surface area contributed by atoms with Gasteiger partial charge in [0.15, 0.2) is 0 Å². The standard InChI is InChI=1S/C22H20FN3O5S/c1-3-25-10-15(22(29)30)20(28)14-8-16(23)17(9-18(14)25)24-26-19(27)11-32-21(26)12-4-6-13(31-2)7-5-12/h4-10,21,24H,3,11H2,1-2H3,(H,29,30). The number of benzene rings is 2. The molecule has 166 valence electrons. The van der Waals surface area contributed by atoms with E-state index in [1.54, 1.807) is 30.7 Å². The number of hydrazine groups is 1. The van der Waals surface area contributed by atoms with Gasteiger partial charge in [-0.3, -0.25) is 15.0 Å². The van der Waals surface area contributed by atoms with Crippen LogP contribution in [0, 0.1) is 5.82 Å². The summed E-state index contributed by atoms with van der Waals surface area (Å²) in [5, 5.41) is 10.2. The molecule has 1 saturated heterocycles. The van der Waals surface area contributed by atoms with E-state index in [-0.39, 0.29) is 28.1 Å². The van der Waals surface area contributed by atoms with Gasteiger partial charge < -0.3 is 14.4 Å². The van der Waals surface area contributed by atoms with Crippen LogP contribution >= 0.6 is 11.8 Å². The molecule has 3 aromatic rings. The molecule has 1 fully saturated rings. The Morgan fingerprint density at radius 2 is 2.00 bits per heavy atom. The van der Waals surface area contributed by atoms with Gasteiger partial charge in [-0.25, -0.2) is 14.2 Å². The predicted molar refractivity (Wildman–Crippen MR) is 119 cm³/mol. The topological polar surface area (TPSA) is 101 Å². The maximum Gasteiger partial charge on any atom is 0.341 e. The highest BCUT2D eigenvalue weighted by Crippen LogP contribution is 2.39. The van der Waals surface area contributed by atoms with E-state index in [0.717, 1.165) is 11.6 Å². The number of hydrogen-bond donors (Lipinski definition) is 2. The second-order valence-electron chi connectivity index (χ2n) is 7.12. The molecule has 10 heteroatoms. The maximum absolute atomic E-state index is 15.0. The van der Waals surface area contributed by atoms with Crippen molar-refractivity contribution in [1.82, 2.24) is 9.58 Å². The van der Waals surface area contributed by atoms with Gasteiger partial charge in [-0.15, -0.1) is 11.8 Å². The third-order valence-corrected chi connectivity index (χ3v) is 6.46. The van der Waals surface area contributed by atoms with Crippen molar-refractivity contribution < 1.29 is 23.8 Å². The van der Waals surface area contributed by atoms with Crippen LogP contribution in [-0.4, -0.2) is 39.4 Å². The van der Waals surface area contributed by atoms with Gasteiger partial charge in [-0.05, 0) is 36.8 Å². The highest BCUT2D eigenvalue weighted by molar-refractivity contribution is 8.00. The highest BCUT2D eigenvalue weighted by Gasteiger charge is 2.34. The zero-order valence-electron chi connectivity index (χ0n) is 17.3. The van der Waals surface area contributed by atoms with Crippen molar-refractivity contribution in [3.05, 3.63) is 69.8 Å². The SMILES string of the molecule is CCn1cc(C(=O)O)c(=O)c2cc(F)c(NN3C(=O)CSC3c3ccc(OC)cc3)cc21. The number of carbonyl (C=O) groups excluding carboxylic acids is 1. The van der Waals surface area contributed by atoms with E-state index in [2.05, 4.69) is 5.43 Å². The summed E-state index contributed by atoms with van der Waals surface area (Å²) in [6.07, 6.45) is 1.24. The number of aromatic carboxylic acids is 1. The summed E-state index contributed by atoms with van der Waals surface area (Å²) in [7, 11) is 1.56. The van der Waals surface area contributed by atoms with Crippen molar-refractivity contribution in [3.8, 4) is 5.75 Å². The lowest BCUT2D eigenvalue weighted by molar-refractivity contribution is -0.126. The summed E-state index contributed by atoms with van der Waals surface area (Å²) in [5.74, 6) is -1.45. The number of nitrogens with zero attached hydrogens (tertiary/aromatic N) is 2. The number of amides is 1. The number of anilines is 1. The molecule has 1 aromatic heterocycles. The number of aromatic nitrogens is 1. The van der Waals surface area contributed by atoms with Crippen molar-refractivity contribution in [3.63, 3.8) is 0 Å². The van der Waals surface area contributed by atoms with Crippen LogP contribution in [0.4, 0.5) is 10.1 Å². The second-order valence-corrected chi connectivity index (χ2v) is 8.19. The fourth-order valence-electron chi connectivity index (χ4n) is 3.60. The number of carbonyl (C=O) groups is 2. The fourth-order valence-corrected chi connectivity index (χ4v) is 4.71. The molecule has 0 bridgehead atoms. The Hall–Kier alpha value is -3.53. The first-order valence-corrected chi connectivity index (χ1v) is 10.8. The summed E-state index contributed by atoms with van der Waals surface area (Å²) in [6, 6.07) is 9.67. The van der Waals surface area contributed by atoms with E-state index in [0.29, 0.717) is 17.8 Å². The van der Waals surface area contributed by atoms with Crippen LogP contribution in [0.2, 0.25) is 0 Å². The van der Waals surface area contributed by atoms with Crippen LogP contribution in [0.15, 0.2) is 47.4 Å². The number of aryl methyl sites for hydroxylation is 1. The molecule has 0 saturated carbocycles. The molecule has 8 nitrogen and oxygen atoms in total. The number of rotatable bonds is 6. The highest BCUT2D eigenvalue weighted by atomic mass is 32.2. The summed E-state index contributed by atoms with van der Waals surface area (Å²) in [4.78, 5) is 36.4. The monoisotopic (exact) mass is 457 g/mol. The van der Waals surface area contributed by atoms with Crippen molar-refractivity contribution in [2.24, 2.45) is 0 Å². The van der Waals surface area contributed by atoms with Crippen molar-refractivity contribution in [2.75, 3.05) is 18.3 Å². The fraction of sp³-hybridized carbons (Fsp3) is 0.227. The summed E-state index contributed by atoms with van der Waals surface area (Å²) >= 11 is 1.40. The lowest BCUT2D eigenvalue weighted by Crippen LogP contribution is -2.34. The molecule has 0 aliphatic carbocycles. The van der Waals surface area contributed by atoms with Gasteiger partial charge in [0, 0.05) is 18.1 Å². The number of methoxy groups -OCH3 is 1. The average molecular weight is 457 g/mol. The lowest BCUT2D eigenvalue weighted by Gasteiger charge is -2.26. The molecule has 1 atom stereocenters. The van der Waals surface area contributed by atoms with Gasteiger partial charge in [0.05, 0.1) is 24.1 Å². The Bertz CT molecular complexity index is 1280. The van der Waals surface area contributed by atoms with Gasteiger partial charge in [0.2, 0.25) is 5.43 Å². The minimum atomic E-state index is -1.37. The zero-order chi connectivity index (χ0) is 23.0. The average Bonchev–Trinajstić information content (AvgIpc) is 3.15. The maximum atomic E-state index is 15.0. The van der Waals surface area contributed by atoms with E-state index in [4.69, 9.17) is 4.74 Å². The smallest absolute Gasteiger partial charge is 0.341 e. The van der Waals surface area contributed by atoms with Crippen LogP contribution in [0.3, 0.4) is 0 Å². The minimum absolute atomic E-state index is 0.0107. The molecule has 0 radical (unpaired) electrons. The van der Waals surface area contributed by atoms with Gasteiger partial charge in [0.25, 0.3) is 5.91 Å². The first-order chi connectivity index (χ1) is 15.3. The molecule has 1 amide bonds. The first-order valence-electron chi connectivity index (χ1n) is 9.78. The Morgan fingerprint density at radius 3 is 2.62 bits per heavy atom. The Balaban J connectivity index is 1.74. The number of hydrogen-bond acceptors (Lipinski definition) is 6. The van der Waals surface area contributed by atoms with Crippen molar-refractivity contribution >= 4 is 40.2 Å². The molecule has 1 aliphatic heterocycles. The van der Waals surface area contributed by atoms with E-state index < -0.39 is 22.8 Å². The van der Waals surface area contributed by atoms with Crippen LogP contribution in [0.25, 0.3) is 10.9 Å². The molecule has 32 heavy (non-hydrogen) atoms. The number of fused-ring (bicyclic) bond motifs is 1. The minimum Gasteiger partial charge on any atom is -0.497 e. The second kappa shape index (κ2) is 8.54. The molecular formula is C22H20FN3O5S. The number of ether oxygens (including phenoxy) is 1. The van der Waals surface area contributed by atoms with Crippen molar-refractivity contribution in [1.29, 1.82) is 0 Å². The molecule has 2 heterocycles. The van der Waals surface area contributed by atoms with E-state index in [1.807, 2.05) is 12.1 Å². The molecule has 2 aromatic carbocycles. The third kappa shape index (κ3) is 3.77. The molecule has 4 rings (SSSR count). The van der Waals surface area contributed by atoms with Crippen LogP contribution in [0.5, 0.6) is 5.75 Å². The van der Waals surface area contributed by atoms with Gasteiger partial charge >= 0.3 is 5.97 Å². The number of carboxylic acids is 1. The van der Waals surface area contributed by atoms with E-state index >= 15 is 0 Å². The molecule has 1 aliphatic rings. The number of halogens is 1. The van der Waals surface area contributed by atoms with Crippen LogP contribution in [0.1, 0.15) is 28.2 Å². The van der Waals surface area contributed by atoms with Gasteiger partial charge in [-0.1, -0.05) is 12.1 Å². The molecular weight excluding hydrogens is 437 g/mol. The summed E-state index contributed by atoms with van der Waals surface area (Å²) in [5.41, 5.74) is 2.90. The predicted octanol–water partition coefficient (Wildman–Crippen LogP) is 3.47.